The summed E-state index contributed by atoms with van der Waals surface area (Å²) >= 11 is 6.32. The van der Waals surface area contributed by atoms with Gasteiger partial charge in [0, 0.05) is 25.8 Å². The second-order valence-corrected chi connectivity index (χ2v) is 9.03. The molecular formula is C22H22ClFN8O3. The number of nitrogens with one attached hydrogen (secondary N) is 1. The Morgan fingerprint density at radius 2 is 2.14 bits per heavy atom. The van der Waals surface area contributed by atoms with Gasteiger partial charge in [0.05, 0.1) is 28.6 Å². The third-order valence-corrected chi connectivity index (χ3v) is 6.43. The molecule has 1 aromatic carbocycles. The molecule has 4 N–H and O–H groups in total. The maximum Gasteiger partial charge on any atom is 0.263 e. The molecule has 1 unspecified atom stereocenters. The van der Waals surface area contributed by atoms with E-state index in [0.29, 0.717) is 28.6 Å². The molecule has 1 saturated carbocycles. The van der Waals surface area contributed by atoms with E-state index in [-0.39, 0.29) is 40.5 Å². The molecule has 3 heterocycles. The van der Waals surface area contributed by atoms with Crippen LogP contribution < -0.4 is 16.6 Å². The van der Waals surface area contributed by atoms with Crippen molar-refractivity contribution in [3.63, 3.8) is 0 Å². The first-order valence-electron chi connectivity index (χ1n) is 10.9. The van der Waals surface area contributed by atoms with E-state index in [2.05, 4.69) is 25.5 Å². The summed E-state index contributed by atoms with van der Waals surface area (Å²) in [5.74, 6) is 1.24. The molecule has 182 valence electrons. The number of hydrogen-bond donors (Lipinski definition) is 3. The number of anilines is 2. The second-order valence-electron chi connectivity index (χ2n) is 8.62. The van der Waals surface area contributed by atoms with Crippen LogP contribution in [0.2, 0.25) is 5.02 Å². The summed E-state index contributed by atoms with van der Waals surface area (Å²) in [6.07, 6.45) is 1.24. The minimum atomic E-state index is -1.74. The molecule has 35 heavy (non-hydrogen) atoms. The quantitative estimate of drug-likeness (QED) is 0.359. The highest BCUT2D eigenvalue weighted by molar-refractivity contribution is 6.35. The summed E-state index contributed by atoms with van der Waals surface area (Å²) in [6.45, 7) is 2.81. The molecular weight excluding hydrogens is 479 g/mol. The van der Waals surface area contributed by atoms with Crippen LogP contribution >= 0.6 is 11.6 Å². The van der Waals surface area contributed by atoms with Crippen LogP contribution in [-0.2, 0) is 0 Å². The van der Waals surface area contributed by atoms with Crippen LogP contribution in [0.4, 0.5) is 16.0 Å². The lowest BCUT2D eigenvalue weighted by molar-refractivity contribution is -0.0353. The lowest BCUT2D eigenvalue weighted by atomic mass is 9.77. The first-order chi connectivity index (χ1) is 16.7. The van der Waals surface area contributed by atoms with Gasteiger partial charge in [-0.05, 0) is 19.1 Å². The van der Waals surface area contributed by atoms with Crippen molar-refractivity contribution in [1.29, 1.82) is 0 Å². The molecule has 0 radical (unpaired) electrons. The number of fused-ring (bicyclic) bond motifs is 1. The number of benzene rings is 1. The smallest absolute Gasteiger partial charge is 0.263 e. The normalized spacial score (nSPS) is 20.5. The Morgan fingerprint density at radius 3 is 2.83 bits per heavy atom. The molecule has 11 nitrogen and oxygen atoms in total. The molecule has 1 aliphatic rings. The van der Waals surface area contributed by atoms with Crippen molar-refractivity contribution < 1.29 is 13.9 Å². The number of nitrogen functional groups attached to an aromatic ring is 1. The first kappa shape index (κ1) is 23.1. The Balaban J connectivity index is 1.61. The van der Waals surface area contributed by atoms with Crippen molar-refractivity contribution in [2.24, 2.45) is 0 Å². The van der Waals surface area contributed by atoms with Crippen molar-refractivity contribution in [3.05, 3.63) is 51.6 Å². The number of alkyl halides is 1. The number of halogens is 2. The van der Waals surface area contributed by atoms with Crippen LogP contribution in [0.1, 0.15) is 43.6 Å². The van der Waals surface area contributed by atoms with Crippen molar-refractivity contribution in [3.8, 4) is 11.5 Å². The van der Waals surface area contributed by atoms with Gasteiger partial charge in [-0.1, -0.05) is 17.7 Å². The van der Waals surface area contributed by atoms with Gasteiger partial charge < -0.3 is 20.6 Å². The van der Waals surface area contributed by atoms with Crippen molar-refractivity contribution in [2.75, 3.05) is 17.7 Å². The number of aromatic nitrogens is 6. The highest BCUT2D eigenvalue weighted by Gasteiger charge is 2.46. The SMILES string of the molecule is Cc1nnc(-c2c(N)ncnc2NC(C)c2nc3cccc(Cl)c3c(=O)n2C2CC(F)(CO)C2)o1. The van der Waals surface area contributed by atoms with E-state index >= 15 is 0 Å². The number of aliphatic hydroxyl groups excluding tert-OH is 1. The van der Waals surface area contributed by atoms with Gasteiger partial charge in [0.25, 0.3) is 11.4 Å². The third-order valence-electron chi connectivity index (χ3n) is 6.11. The van der Waals surface area contributed by atoms with Gasteiger partial charge in [0.15, 0.2) is 0 Å². The number of aliphatic hydroxyl groups is 1. The van der Waals surface area contributed by atoms with Crippen LogP contribution in [0.5, 0.6) is 0 Å². The van der Waals surface area contributed by atoms with Gasteiger partial charge in [0.1, 0.15) is 35.0 Å². The fourth-order valence-electron chi connectivity index (χ4n) is 4.36. The molecule has 13 heteroatoms. The average molecular weight is 501 g/mol. The van der Waals surface area contributed by atoms with Crippen molar-refractivity contribution in [2.45, 2.75) is 44.4 Å². The second kappa shape index (κ2) is 8.54. The minimum absolute atomic E-state index is 0.0201. The fourth-order valence-corrected chi connectivity index (χ4v) is 4.61. The van der Waals surface area contributed by atoms with E-state index in [4.69, 9.17) is 26.7 Å². The standard InChI is InChI=1S/C22H22ClFN8O3/c1-10(28-18-16(17(25)26-9-27-18)20-31-30-11(2)35-20)19-29-14-5-3-4-13(23)15(14)21(34)32(19)12-6-22(24,7-12)8-33/h3-5,9-10,12,33H,6-8H2,1-2H3,(H3,25,26,27,28). The molecule has 1 fully saturated rings. The number of aryl methyl sites for hydroxylation is 1. The number of nitrogens with two attached hydrogens (primary N) is 1. The molecule has 0 aliphatic heterocycles. The molecule has 1 aliphatic carbocycles. The van der Waals surface area contributed by atoms with E-state index in [0.717, 1.165) is 0 Å². The Bertz CT molecular complexity index is 1480. The van der Waals surface area contributed by atoms with E-state index in [1.54, 1.807) is 32.0 Å². The lowest BCUT2D eigenvalue weighted by Crippen LogP contribution is -2.48. The van der Waals surface area contributed by atoms with Gasteiger partial charge in [-0.3, -0.25) is 9.36 Å². The predicted molar refractivity (Wildman–Crippen MR) is 127 cm³/mol. The van der Waals surface area contributed by atoms with E-state index < -0.39 is 24.4 Å². The highest BCUT2D eigenvalue weighted by atomic mass is 35.5. The van der Waals surface area contributed by atoms with Gasteiger partial charge in [0.2, 0.25) is 5.89 Å². The van der Waals surface area contributed by atoms with Crippen molar-refractivity contribution in [1.82, 2.24) is 29.7 Å². The summed E-state index contributed by atoms with van der Waals surface area (Å²) in [7, 11) is 0. The molecule has 1 atom stereocenters. The molecule has 4 aromatic rings. The van der Waals surface area contributed by atoms with Crippen LogP contribution in [0, 0.1) is 6.92 Å². The van der Waals surface area contributed by atoms with Gasteiger partial charge >= 0.3 is 0 Å². The van der Waals surface area contributed by atoms with Crippen LogP contribution in [0.3, 0.4) is 0 Å². The zero-order chi connectivity index (χ0) is 24.9. The van der Waals surface area contributed by atoms with E-state index in [1.807, 2.05) is 0 Å². The van der Waals surface area contributed by atoms with Gasteiger partial charge in [-0.15, -0.1) is 10.2 Å². The van der Waals surface area contributed by atoms with E-state index in [9.17, 15) is 14.3 Å². The summed E-state index contributed by atoms with van der Waals surface area (Å²) < 4.78 is 21.5. The van der Waals surface area contributed by atoms with E-state index in [1.165, 1.54) is 10.9 Å². The zero-order valence-electron chi connectivity index (χ0n) is 18.9. The topological polar surface area (TPSA) is 158 Å². The summed E-state index contributed by atoms with van der Waals surface area (Å²) in [5.41, 5.74) is 4.67. The largest absolute Gasteiger partial charge is 0.421 e. The summed E-state index contributed by atoms with van der Waals surface area (Å²) in [5, 5.41) is 20.9. The first-order valence-corrected chi connectivity index (χ1v) is 11.3. The molecule has 0 spiro atoms. The number of nitrogens with zero attached hydrogens (tertiary/aromatic N) is 6. The highest BCUT2D eigenvalue weighted by Crippen LogP contribution is 2.44. The Labute approximate surface area is 203 Å². The van der Waals surface area contributed by atoms with Crippen molar-refractivity contribution >= 4 is 34.1 Å². The molecule has 0 bridgehead atoms. The van der Waals surface area contributed by atoms with Crippen LogP contribution in [0.15, 0.2) is 33.7 Å². The summed E-state index contributed by atoms with van der Waals surface area (Å²) in [6, 6.07) is 3.90. The Kier molecular flexibility index (Phi) is 5.64. The lowest BCUT2D eigenvalue weighted by Gasteiger charge is -2.42. The van der Waals surface area contributed by atoms with Crippen LogP contribution in [0.25, 0.3) is 22.4 Å². The molecule has 0 saturated heterocycles. The maximum absolute atomic E-state index is 14.6. The summed E-state index contributed by atoms with van der Waals surface area (Å²) in [4.78, 5) is 26.5. The number of rotatable bonds is 6. The molecule has 5 rings (SSSR count). The van der Waals surface area contributed by atoms with Gasteiger partial charge in [-0.25, -0.2) is 19.3 Å². The number of hydrogen-bond acceptors (Lipinski definition) is 10. The zero-order valence-corrected chi connectivity index (χ0v) is 19.6. The Hall–Kier alpha value is -3.64. The van der Waals surface area contributed by atoms with Gasteiger partial charge in [-0.2, -0.15) is 0 Å². The fraction of sp³-hybridized carbons (Fsp3) is 0.364. The monoisotopic (exact) mass is 500 g/mol. The molecule has 3 aromatic heterocycles. The molecule has 0 amide bonds. The third kappa shape index (κ3) is 3.98. The predicted octanol–water partition coefficient (Wildman–Crippen LogP) is 2.99. The Morgan fingerprint density at radius 1 is 1.37 bits per heavy atom. The average Bonchev–Trinajstić information content (AvgIpc) is 3.22. The maximum atomic E-state index is 14.6. The van der Waals surface area contributed by atoms with Crippen LogP contribution in [-0.4, -0.2) is 47.1 Å². The minimum Gasteiger partial charge on any atom is -0.421 e.